The Morgan fingerprint density at radius 1 is 1.10 bits per heavy atom. The van der Waals surface area contributed by atoms with Crippen molar-refractivity contribution in [2.45, 2.75) is 39.5 Å². The highest BCUT2D eigenvalue weighted by Crippen LogP contribution is 2.35. The highest BCUT2D eigenvalue weighted by Gasteiger charge is 2.33. The average Bonchev–Trinajstić information content (AvgIpc) is 3.44. The van der Waals surface area contributed by atoms with Crippen LogP contribution in [0.4, 0.5) is 11.5 Å². The van der Waals surface area contributed by atoms with Crippen molar-refractivity contribution in [3.63, 3.8) is 0 Å². The van der Waals surface area contributed by atoms with Crippen molar-refractivity contribution < 1.29 is 9.59 Å². The van der Waals surface area contributed by atoms with Gasteiger partial charge in [-0.05, 0) is 60.9 Å². The summed E-state index contributed by atoms with van der Waals surface area (Å²) in [6.07, 6.45) is 7.56. The Morgan fingerprint density at radius 3 is 2.77 bits per heavy atom. The van der Waals surface area contributed by atoms with Crippen LogP contribution in [0.25, 0.3) is 11.0 Å². The first kappa shape index (κ1) is 26.4. The van der Waals surface area contributed by atoms with E-state index in [9.17, 15) is 9.59 Å². The predicted octanol–water partition coefficient (Wildman–Crippen LogP) is 5.11. The summed E-state index contributed by atoms with van der Waals surface area (Å²) in [5.41, 5.74) is 3.67. The largest absolute Gasteiger partial charge is 0.355 e. The molecule has 2 aromatic carbocycles. The fraction of sp³-hybridized carbons (Fsp3) is 0.355. The maximum atomic E-state index is 13.8. The Morgan fingerprint density at radius 2 is 1.95 bits per heavy atom. The molecule has 3 heterocycles. The van der Waals surface area contributed by atoms with Crippen LogP contribution < -0.4 is 10.2 Å². The third kappa shape index (κ3) is 6.28. The zero-order valence-corrected chi connectivity index (χ0v) is 22.7. The zero-order valence-electron chi connectivity index (χ0n) is 22.7. The number of anilines is 2. The number of amides is 2. The third-order valence-electron chi connectivity index (χ3n) is 7.63. The number of carbonyl (C=O) groups excluding carboxylic acids is 2. The van der Waals surface area contributed by atoms with Crippen LogP contribution in [0.3, 0.4) is 0 Å². The summed E-state index contributed by atoms with van der Waals surface area (Å²) in [6, 6.07) is 20.2. The number of benzene rings is 2. The summed E-state index contributed by atoms with van der Waals surface area (Å²) in [5.74, 6) is 0.690. The van der Waals surface area contributed by atoms with Crippen molar-refractivity contribution in [3.05, 3.63) is 84.3 Å². The number of rotatable bonds is 9. The van der Waals surface area contributed by atoms with Crippen molar-refractivity contribution in [2.24, 2.45) is 5.41 Å². The summed E-state index contributed by atoms with van der Waals surface area (Å²) in [6.45, 7) is 6.28. The molecule has 2 N–H and O–H groups in total. The Bertz CT molecular complexity index is 1440. The summed E-state index contributed by atoms with van der Waals surface area (Å²) in [7, 11) is 0. The summed E-state index contributed by atoms with van der Waals surface area (Å²) < 4.78 is 0. The number of fused-ring (bicyclic) bond motifs is 1. The van der Waals surface area contributed by atoms with Crippen molar-refractivity contribution in [1.82, 2.24) is 25.2 Å². The van der Waals surface area contributed by atoms with E-state index >= 15 is 0 Å². The molecule has 8 nitrogen and oxygen atoms in total. The monoisotopic (exact) mass is 524 g/mol. The van der Waals surface area contributed by atoms with Crippen molar-refractivity contribution >= 4 is 34.4 Å². The summed E-state index contributed by atoms with van der Waals surface area (Å²) >= 11 is 0. The van der Waals surface area contributed by atoms with Crippen LogP contribution in [-0.2, 0) is 11.2 Å². The molecule has 1 aliphatic heterocycles. The molecule has 0 bridgehead atoms. The molecule has 0 aliphatic carbocycles. The Kier molecular flexibility index (Phi) is 7.91. The van der Waals surface area contributed by atoms with Crippen LogP contribution in [0.5, 0.6) is 0 Å². The van der Waals surface area contributed by atoms with Gasteiger partial charge in [0.25, 0.3) is 5.91 Å². The van der Waals surface area contributed by atoms with Crippen LogP contribution >= 0.6 is 0 Å². The van der Waals surface area contributed by atoms with Gasteiger partial charge < -0.3 is 20.1 Å². The minimum absolute atomic E-state index is 0.0544. The van der Waals surface area contributed by atoms with E-state index in [0.29, 0.717) is 18.7 Å². The Hall–Kier alpha value is -4.20. The molecule has 1 fully saturated rings. The number of nitrogens with one attached hydrogen (secondary N) is 2. The molecule has 1 unspecified atom stereocenters. The van der Waals surface area contributed by atoms with Gasteiger partial charge in [0.2, 0.25) is 5.91 Å². The van der Waals surface area contributed by atoms with Gasteiger partial charge in [0.05, 0.1) is 5.39 Å². The summed E-state index contributed by atoms with van der Waals surface area (Å²) in [4.78, 5) is 41.4. The second kappa shape index (κ2) is 11.7. The first-order valence-corrected chi connectivity index (χ1v) is 13.7. The van der Waals surface area contributed by atoms with Crippen LogP contribution in [0.2, 0.25) is 0 Å². The van der Waals surface area contributed by atoms with E-state index < -0.39 is 0 Å². The fourth-order valence-corrected chi connectivity index (χ4v) is 5.55. The molecule has 1 saturated heterocycles. The predicted molar refractivity (Wildman–Crippen MR) is 154 cm³/mol. The lowest BCUT2D eigenvalue weighted by atomic mass is 9.77. The standard InChI is InChI=1S/C31H36N6O2/c1-23(38)32-17-19-37(29-27-13-16-33-28(27)34-22-35-29)26-11-6-10-25(20-26)30(39)36-18-7-14-31(2,21-36)15-12-24-8-4-3-5-9-24/h3-6,8-11,13,16,20,22H,7,12,14-15,17-19,21H2,1-2H3,(H,32,38)(H,33,34,35). The number of piperidine rings is 1. The summed E-state index contributed by atoms with van der Waals surface area (Å²) in [5, 5.41) is 3.75. The normalized spacial score (nSPS) is 17.2. The van der Waals surface area contributed by atoms with E-state index in [1.807, 2.05) is 52.4 Å². The lowest BCUT2D eigenvalue weighted by molar-refractivity contribution is -0.118. The number of hydrogen-bond donors (Lipinski definition) is 2. The Balaban J connectivity index is 1.36. The van der Waals surface area contributed by atoms with E-state index in [1.54, 1.807) is 0 Å². The molecular weight excluding hydrogens is 488 g/mol. The SMILES string of the molecule is CC(=O)NCCN(c1cccc(C(=O)N2CCCC(C)(CCc3ccccc3)C2)c1)c1ncnc2[nH]ccc12. The van der Waals surface area contributed by atoms with Gasteiger partial charge in [0.1, 0.15) is 17.8 Å². The van der Waals surface area contributed by atoms with E-state index in [1.165, 1.54) is 18.8 Å². The van der Waals surface area contributed by atoms with E-state index in [-0.39, 0.29) is 17.2 Å². The van der Waals surface area contributed by atoms with Gasteiger partial charge in [-0.2, -0.15) is 0 Å². The van der Waals surface area contributed by atoms with Gasteiger partial charge in [-0.3, -0.25) is 9.59 Å². The molecule has 2 amide bonds. The van der Waals surface area contributed by atoms with E-state index in [2.05, 4.69) is 51.5 Å². The minimum atomic E-state index is -0.0891. The number of aromatic amines is 1. The molecule has 1 aliphatic rings. The molecule has 0 spiro atoms. The molecule has 202 valence electrons. The van der Waals surface area contributed by atoms with Gasteiger partial charge in [0, 0.05) is 50.6 Å². The van der Waals surface area contributed by atoms with E-state index in [0.717, 1.165) is 61.3 Å². The molecule has 2 aromatic heterocycles. The highest BCUT2D eigenvalue weighted by molar-refractivity contribution is 5.96. The molecular formula is C31H36N6O2. The average molecular weight is 525 g/mol. The van der Waals surface area contributed by atoms with Gasteiger partial charge in [-0.15, -0.1) is 0 Å². The molecule has 5 rings (SSSR count). The lowest BCUT2D eigenvalue weighted by Gasteiger charge is -2.41. The second-order valence-corrected chi connectivity index (χ2v) is 10.7. The Labute approximate surface area is 229 Å². The number of aromatic nitrogens is 3. The topological polar surface area (TPSA) is 94.2 Å². The van der Waals surface area contributed by atoms with Gasteiger partial charge in [-0.25, -0.2) is 9.97 Å². The van der Waals surface area contributed by atoms with Crippen LogP contribution in [0, 0.1) is 5.41 Å². The highest BCUT2D eigenvalue weighted by atomic mass is 16.2. The fourth-order valence-electron chi connectivity index (χ4n) is 5.55. The van der Waals surface area contributed by atoms with Crippen molar-refractivity contribution in [2.75, 3.05) is 31.1 Å². The molecule has 8 heteroatoms. The lowest BCUT2D eigenvalue weighted by Crippen LogP contribution is -2.45. The zero-order chi connectivity index (χ0) is 27.2. The third-order valence-corrected chi connectivity index (χ3v) is 7.63. The molecule has 0 radical (unpaired) electrons. The van der Waals surface area contributed by atoms with E-state index in [4.69, 9.17) is 0 Å². The van der Waals surface area contributed by atoms with Crippen molar-refractivity contribution in [1.29, 1.82) is 0 Å². The first-order valence-electron chi connectivity index (χ1n) is 13.7. The molecule has 39 heavy (non-hydrogen) atoms. The number of nitrogens with zero attached hydrogens (tertiary/aromatic N) is 4. The smallest absolute Gasteiger partial charge is 0.253 e. The first-order chi connectivity index (χ1) is 18.9. The number of hydrogen-bond acceptors (Lipinski definition) is 5. The van der Waals surface area contributed by atoms with Gasteiger partial charge in [0.15, 0.2) is 0 Å². The number of likely N-dealkylation sites (tertiary alicyclic amines) is 1. The number of carbonyl (C=O) groups is 2. The van der Waals surface area contributed by atoms with Crippen LogP contribution in [-0.4, -0.2) is 57.8 Å². The molecule has 0 saturated carbocycles. The van der Waals surface area contributed by atoms with Crippen molar-refractivity contribution in [3.8, 4) is 0 Å². The maximum Gasteiger partial charge on any atom is 0.253 e. The maximum absolute atomic E-state index is 13.8. The van der Waals surface area contributed by atoms with Crippen LogP contribution in [0.1, 0.15) is 49.0 Å². The van der Waals surface area contributed by atoms with Gasteiger partial charge in [-0.1, -0.05) is 43.3 Å². The van der Waals surface area contributed by atoms with Crippen LogP contribution in [0.15, 0.2) is 73.2 Å². The quantitative estimate of drug-likeness (QED) is 0.317. The molecule has 1 atom stereocenters. The van der Waals surface area contributed by atoms with Gasteiger partial charge >= 0.3 is 0 Å². The number of aryl methyl sites for hydroxylation is 1. The minimum Gasteiger partial charge on any atom is -0.355 e. The molecule has 4 aromatic rings. The second-order valence-electron chi connectivity index (χ2n) is 10.7. The number of H-pyrrole nitrogens is 1.